The van der Waals surface area contributed by atoms with Crippen LogP contribution in [0.4, 0.5) is 13.2 Å². The monoisotopic (exact) mass is 299 g/mol. The Morgan fingerprint density at radius 2 is 2.06 bits per heavy atom. The summed E-state index contributed by atoms with van der Waals surface area (Å²) >= 11 is 3.16. The van der Waals surface area contributed by atoms with Crippen molar-refractivity contribution in [2.45, 2.75) is 18.6 Å². The van der Waals surface area contributed by atoms with E-state index in [-0.39, 0.29) is 5.88 Å². The molecule has 3 nitrogen and oxygen atoms in total. The third-order valence-electron chi connectivity index (χ3n) is 1.73. The summed E-state index contributed by atoms with van der Waals surface area (Å²) in [5.41, 5.74) is 0.891. The van der Waals surface area contributed by atoms with E-state index in [4.69, 9.17) is 4.74 Å². The van der Waals surface area contributed by atoms with Crippen molar-refractivity contribution in [3.05, 3.63) is 17.3 Å². The molecule has 0 saturated heterocycles. The zero-order chi connectivity index (χ0) is 12.3. The lowest BCUT2D eigenvalue weighted by Crippen LogP contribution is -2.18. The van der Waals surface area contributed by atoms with E-state index in [9.17, 15) is 13.2 Å². The van der Waals surface area contributed by atoms with Crippen LogP contribution in [0.15, 0.2) is 6.07 Å². The highest BCUT2D eigenvalue weighted by atomic mass is 79.9. The van der Waals surface area contributed by atoms with Gasteiger partial charge in [0.1, 0.15) is 0 Å². The van der Waals surface area contributed by atoms with Gasteiger partial charge in [0.25, 0.3) is 5.88 Å². The predicted molar refractivity (Wildman–Crippen MR) is 54.8 cm³/mol. The van der Waals surface area contributed by atoms with E-state index in [1.54, 1.807) is 0 Å². The number of nitrogens with zero attached hydrogens (tertiary/aromatic N) is 1. The number of rotatable bonds is 3. The lowest BCUT2D eigenvalue weighted by Gasteiger charge is -2.14. The highest BCUT2D eigenvalue weighted by Gasteiger charge is 2.33. The van der Waals surface area contributed by atoms with Crippen LogP contribution in [0.5, 0.6) is 11.6 Å². The molecule has 0 aliphatic carbocycles. The molecule has 0 radical (unpaired) electrons. The first-order chi connectivity index (χ1) is 7.37. The Labute approximate surface area is 98.7 Å². The van der Waals surface area contributed by atoms with Crippen molar-refractivity contribution in [2.75, 3.05) is 7.11 Å². The Morgan fingerprint density at radius 3 is 2.50 bits per heavy atom. The smallest absolute Gasteiger partial charge is 0.478 e. The molecule has 1 aromatic heterocycles. The van der Waals surface area contributed by atoms with Gasteiger partial charge < -0.3 is 9.47 Å². The van der Waals surface area contributed by atoms with Crippen molar-refractivity contribution >= 4 is 15.9 Å². The van der Waals surface area contributed by atoms with E-state index in [2.05, 4.69) is 25.7 Å². The van der Waals surface area contributed by atoms with Gasteiger partial charge in [0.2, 0.25) is 0 Å². The van der Waals surface area contributed by atoms with Crippen LogP contribution in [0, 0.1) is 6.92 Å². The lowest BCUT2D eigenvalue weighted by molar-refractivity contribution is -0.275. The summed E-state index contributed by atoms with van der Waals surface area (Å²) < 4.78 is 44.9. The third-order valence-corrected chi connectivity index (χ3v) is 2.30. The van der Waals surface area contributed by atoms with Crippen LogP contribution < -0.4 is 9.47 Å². The standard InChI is InChI=1S/C9H9BrF3NO2/c1-5-3-6(4-10)14-8(15-2)7(5)16-9(11,12)13/h3H,4H2,1-2H3. The number of aromatic nitrogens is 1. The fourth-order valence-corrected chi connectivity index (χ4v) is 1.43. The van der Waals surface area contributed by atoms with Gasteiger partial charge in [-0.3, -0.25) is 0 Å². The minimum absolute atomic E-state index is 0.174. The van der Waals surface area contributed by atoms with E-state index in [0.29, 0.717) is 16.6 Å². The molecule has 1 heterocycles. The Kier molecular flexibility index (Phi) is 4.01. The molecule has 90 valence electrons. The summed E-state index contributed by atoms with van der Waals surface area (Å²) in [6.07, 6.45) is -4.75. The number of aryl methyl sites for hydroxylation is 1. The third kappa shape index (κ3) is 3.26. The number of hydrogen-bond acceptors (Lipinski definition) is 3. The van der Waals surface area contributed by atoms with E-state index in [1.807, 2.05) is 0 Å². The van der Waals surface area contributed by atoms with Gasteiger partial charge in [-0.1, -0.05) is 15.9 Å². The van der Waals surface area contributed by atoms with Crippen molar-refractivity contribution in [1.82, 2.24) is 4.98 Å². The Hall–Kier alpha value is -0.980. The van der Waals surface area contributed by atoms with Crippen LogP contribution in [-0.2, 0) is 5.33 Å². The van der Waals surface area contributed by atoms with Crippen LogP contribution in [0.2, 0.25) is 0 Å². The number of ether oxygens (including phenoxy) is 2. The normalized spacial score (nSPS) is 11.4. The molecule has 7 heteroatoms. The maximum Gasteiger partial charge on any atom is 0.573 e. The molecule has 0 aromatic carbocycles. The Balaban J connectivity index is 3.16. The average Bonchev–Trinajstić information content (AvgIpc) is 2.19. The minimum Gasteiger partial charge on any atom is -0.478 e. The van der Waals surface area contributed by atoms with Crippen molar-refractivity contribution in [3.63, 3.8) is 0 Å². The van der Waals surface area contributed by atoms with E-state index >= 15 is 0 Å². The quantitative estimate of drug-likeness (QED) is 0.803. The topological polar surface area (TPSA) is 31.4 Å². The van der Waals surface area contributed by atoms with Crippen LogP contribution in [0.1, 0.15) is 11.3 Å². The number of methoxy groups -OCH3 is 1. The molecule has 0 unspecified atom stereocenters. The summed E-state index contributed by atoms with van der Waals surface area (Å²) in [6, 6.07) is 1.50. The van der Waals surface area contributed by atoms with Gasteiger partial charge in [-0.05, 0) is 18.6 Å². The van der Waals surface area contributed by atoms with Crippen molar-refractivity contribution in [1.29, 1.82) is 0 Å². The van der Waals surface area contributed by atoms with E-state index in [1.165, 1.54) is 20.1 Å². The summed E-state index contributed by atoms with van der Waals surface area (Å²) in [5.74, 6) is -0.577. The molecule has 0 aliphatic rings. The zero-order valence-corrected chi connectivity index (χ0v) is 10.1. The Morgan fingerprint density at radius 1 is 1.44 bits per heavy atom. The molecule has 0 spiro atoms. The fourth-order valence-electron chi connectivity index (χ4n) is 1.14. The second-order valence-corrected chi connectivity index (χ2v) is 3.51. The SMILES string of the molecule is COc1nc(CBr)cc(C)c1OC(F)(F)F. The maximum atomic E-state index is 12.1. The van der Waals surface area contributed by atoms with E-state index in [0.717, 1.165) is 0 Å². The number of hydrogen-bond donors (Lipinski definition) is 0. The van der Waals surface area contributed by atoms with Gasteiger partial charge in [-0.2, -0.15) is 0 Å². The fraction of sp³-hybridized carbons (Fsp3) is 0.444. The van der Waals surface area contributed by atoms with Crippen LogP contribution in [0.25, 0.3) is 0 Å². The average molecular weight is 300 g/mol. The predicted octanol–water partition coefficient (Wildman–Crippen LogP) is 3.19. The second kappa shape index (κ2) is 4.90. The maximum absolute atomic E-state index is 12.1. The molecule has 0 N–H and O–H groups in total. The highest BCUT2D eigenvalue weighted by Crippen LogP contribution is 2.34. The summed E-state index contributed by atoms with van der Waals surface area (Å²) in [7, 11) is 1.24. The lowest BCUT2D eigenvalue weighted by atomic mass is 10.2. The van der Waals surface area contributed by atoms with Gasteiger partial charge in [-0.25, -0.2) is 4.98 Å². The molecule has 0 amide bonds. The molecule has 1 rings (SSSR count). The zero-order valence-electron chi connectivity index (χ0n) is 8.56. The molecular formula is C9H9BrF3NO2. The molecule has 0 atom stereocenters. The Bertz CT molecular complexity index is 382. The summed E-state index contributed by atoms with van der Waals surface area (Å²) in [4.78, 5) is 3.86. The molecule has 0 bridgehead atoms. The molecule has 16 heavy (non-hydrogen) atoms. The first-order valence-corrected chi connectivity index (χ1v) is 5.35. The molecule has 0 fully saturated rings. The first-order valence-electron chi connectivity index (χ1n) is 4.23. The number of alkyl halides is 4. The van der Waals surface area contributed by atoms with Crippen molar-refractivity contribution in [3.8, 4) is 11.6 Å². The molecule has 1 aromatic rings. The highest BCUT2D eigenvalue weighted by molar-refractivity contribution is 9.08. The summed E-state index contributed by atoms with van der Waals surface area (Å²) in [5, 5.41) is 0.427. The van der Waals surface area contributed by atoms with Gasteiger partial charge in [-0.15, -0.1) is 13.2 Å². The van der Waals surface area contributed by atoms with Crippen LogP contribution in [0.3, 0.4) is 0 Å². The minimum atomic E-state index is -4.75. The van der Waals surface area contributed by atoms with Crippen LogP contribution in [-0.4, -0.2) is 18.5 Å². The molecule has 0 saturated carbocycles. The van der Waals surface area contributed by atoms with Gasteiger partial charge in [0.05, 0.1) is 12.8 Å². The number of halogens is 4. The summed E-state index contributed by atoms with van der Waals surface area (Å²) in [6.45, 7) is 1.50. The van der Waals surface area contributed by atoms with Gasteiger partial charge in [0, 0.05) is 5.33 Å². The van der Waals surface area contributed by atoms with Gasteiger partial charge in [0.15, 0.2) is 5.75 Å². The first kappa shape index (κ1) is 13.1. The second-order valence-electron chi connectivity index (χ2n) is 2.95. The van der Waals surface area contributed by atoms with Crippen LogP contribution >= 0.6 is 15.9 Å². The number of pyridine rings is 1. The van der Waals surface area contributed by atoms with Crippen molar-refractivity contribution < 1.29 is 22.6 Å². The molecule has 0 aliphatic heterocycles. The molecular weight excluding hydrogens is 291 g/mol. The van der Waals surface area contributed by atoms with Crippen molar-refractivity contribution in [2.24, 2.45) is 0 Å². The van der Waals surface area contributed by atoms with E-state index < -0.39 is 12.1 Å². The van der Waals surface area contributed by atoms with Gasteiger partial charge >= 0.3 is 6.36 Å². The largest absolute Gasteiger partial charge is 0.573 e.